The van der Waals surface area contributed by atoms with Crippen molar-refractivity contribution in [3.8, 4) is 11.4 Å². The van der Waals surface area contributed by atoms with Gasteiger partial charge >= 0.3 is 0 Å². The molecule has 0 amide bonds. The smallest absolute Gasteiger partial charge is 0.165 e. The summed E-state index contributed by atoms with van der Waals surface area (Å²) in [4.78, 5) is 8.75. The van der Waals surface area contributed by atoms with Crippen LogP contribution in [0.25, 0.3) is 11.4 Å². The molecule has 0 bridgehead atoms. The second-order valence-electron chi connectivity index (χ2n) is 5.57. The monoisotopic (exact) mass is 245 g/mol. The summed E-state index contributed by atoms with van der Waals surface area (Å²) in [6.45, 7) is 8.28. The van der Waals surface area contributed by atoms with Gasteiger partial charge < -0.3 is 5.73 Å². The van der Waals surface area contributed by atoms with Gasteiger partial charge in [-0.25, -0.2) is 9.97 Å². The highest BCUT2D eigenvalue weighted by Crippen LogP contribution is 2.30. The fourth-order valence-electron chi connectivity index (χ4n) is 1.92. The number of hydrogen-bond donors (Lipinski definition) is 1. The number of nitrogens with zero attached hydrogens (tertiary/aromatic N) is 4. The number of nitrogen functional groups attached to an aromatic ring is 1. The minimum absolute atomic E-state index is 0.0571. The summed E-state index contributed by atoms with van der Waals surface area (Å²) in [5.74, 6) is 1.13. The van der Waals surface area contributed by atoms with E-state index in [0.29, 0.717) is 11.6 Å². The molecule has 5 nitrogen and oxygen atoms in total. The molecule has 0 fully saturated rings. The third kappa shape index (κ3) is 2.34. The predicted octanol–water partition coefficient (Wildman–Crippen LogP) is 2.07. The van der Waals surface area contributed by atoms with E-state index in [9.17, 15) is 0 Å². The molecule has 0 unspecified atom stereocenters. The minimum atomic E-state index is -0.0571. The van der Waals surface area contributed by atoms with Gasteiger partial charge in [0.05, 0.1) is 11.3 Å². The number of nitrogens with two attached hydrogens (primary N) is 1. The van der Waals surface area contributed by atoms with Crippen molar-refractivity contribution < 1.29 is 0 Å². The number of rotatable bonds is 1. The van der Waals surface area contributed by atoms with Crippen LogP contribution in [0, 0.1) is 6.92 Å². The zero-order valence-corrected chi connectivity index (χ0v) is 11.5. The van der Waals surface area contributed by atoms with Crippen molar-refractivity contribution in [1.29, 1.82) is 0 Å². The molecule has 0 aliphatic carbocycles. The first-order chi connectivity index (χ1) is 8.27. The van der Waals surface area contributed by atoms with Gasteiger partial charge in [0.2, 0.25) is 0 Å². The Morgan fingerprint density at radius 1 is 1.22 bits per heavy atom. The third-order valence-corrected chi connectivity index (χ3v) is 2.65. The largest absolute Gasteiger partial charge is 0.384 e. The van der Waals surface area contributed by atoms with E-state index in [4.69, 9.17) is 5.73 Å². The molecule has 2 heterocycles. The molecule has 0 atom stereocenters. The van der Waals surface area contributed by atoms with Crippen molar-refractivity contribution in [2.24, 2.45) is 7.05 Å². The molecular weight excluding hydrogens is 226 g/mol. The van der Waals surface area contributed by atoms with Crippen LogP contribution in [0.2, 0.25) is 0 Å². The van der Waals surface area contributed by atoms with Gasteiger partial charge in [0, 0.05) is 30.4 Å². The summed E-state index contributed by atoms with van der Waals surface area (Å²) in [6, 6.07) is 1.76. The molecule has 0 aliphatic heterocycles. The number of aromatic nitrogens is 4. The Labute approximate surface area is 107 Å². The lowest BCUT2D eigenvalue weighted by molar-refractivity contribution is 0.554. The number of hydrogen-bond acceptors (Lipinski definition) is 4. The lowest BCUT2D eigenvalue weighted by Crippen LogP contribution is -2.14. The second kappa shape index (κ2) is 4.08. The highest BCUT2D eigenvalue weighted by atomic mass is 15.3. The van der Waals surface area contributed by atoms with Crippen molar-refractivity contribution in [3.63, 3.8) is 0 Å². The van der Waals surface area contributed by atoms with Crippen molar-refractivity contribution in [3.05, 3.63) is 23.7 Å². The lowest BCUT2D eigenvalue weighted by Gasteiger charge is -2.17. The molecule has 2 aromatic rings. The molecule has 0 spiro atoms. The van der Waals surface area contributed by atoms with Crippen LogP contribution in [0.15, 0.2) is 12.3 Å². The minimum Gasteiger partial charge on any atom is -0.384 e. The van der Waals surface area contributed by atoms with Gasteiger partial charge in [0.15, 0.2) is 5.82 Å². The van der Waals surface area contributed by atoms with E-state index in [0.717, 1.165) is 17.0 Å². The van der Waals surface area contributed by atoms with E-state index in [1.807, 2.05) is 20.2 Å². The Morgan fingerprint density at radius 3 is 2.44 bits per heavy atom. The fraction of sp³-hybridized carbons (Fsp3) is 0.462. The summed E-state index contributed by atoms with van der Waals surface area (Å²) >= 11 is 0. The molecule has 2 rings (SSSR count). The van der Waals surface area contributed by atoms with Gasteiger partial charge in [-0.15, -0.1) is 0 Å². The van der Waals surface area contributed by atoms with E-state index < -0.39 is 0 Å². The first kappa shape index (κ1) is 12.5. The Morgan fingerprint density at radius 2 is 1.89 bits per heavy atom. The van der Waals surface area contributed by atoms with Gasteiger partial charge in [0.1, 0.15) is 5.82 Å². The highest BCUT2D eigenvalue weighted by Gasteiger charge is 2.24. The van der Waals surface area contributed by atoms with E-state index >= 15 is 0 Å². The van der Waals surface area contributed by atoms with Crippen LogP contribution in [0.1, 0.15) is 32.2 Å². The first-order valence-corrected chi connectivity index (χ1v) is 5.93. The Kier molecular flexibility index (Phi) is 2.84. The van der Waals surface area contributed by atoms with Gasteiger partial charge in [-0.1, -0.05) is 20.8 Å². The Balaban J connectivity index is 2.63. The van der Waals surface area contributed by atoms with Crippen LogP contribution >= 0.6 is 0 Å². The van der Waals surface area contributed by atoms with Crippen LogP contribution in [-0.2, 0) is 12.5 Å². The number of anilines is 1. The molecule has 96 valence electrons. The highest BCUT2D eigenvalue weighted by molar-refractivity contribution is 5.60. The summed E-state index contributed by atoms with van der Waals surface area (Å²) in [7, 11) is 1.90. The summed E-state index contributed by atoms with van der Waals surface area (Å²) in [5.41, 5.74) is 8.52. The van der Waals surface area contributed by atoms with Gasteiger partial charge in [-0.2, -0.15) is 5.10 Å². The molecule has 0 saturated heterocycles. The van der Waals surface area contributed by atoms with Crippen molar-refractivity contribution in [2.75, 3.05) is 5.73 Å². The topological polar surface area (TPSA) is 69.6 Å². The lowest BCUT2D eigenvalue weighted by atomic mass is 9.89. The standard InChI is InChI=1S/C13H19N5/c1-8-6-10(14)16-12(15-8)9-7-18(5)17-11(9)13(2,3)4/h6-7H,1-5H3,(H2,14,15,16). The molecule has 0 aromatic carbocycles. The quantitative estimate of drug-likeness (QED) is 0.835. The van der Waals surface area contributed by atoms with Crippen LogP contribution in [-0.4, -0.2) is 19.7 Å². The predicted molar refractivity (Wildman–Crippen MR) is 72.1 cm³/mol. The zero-order chi connectivity index (χ0) is 13.5. The maximum Gasteiger partial charge on any atom is 0.165 e. The Bertz CT molecular complexity index is 557. The van der Waals surface area contributed by atoms with E-state index in [-0.39, 0.29) is 5.41 Å². The molecule has 5 heteroatoms. The van der Waals surface area contributed by atoms with Crippen LogP contribution in [0.3, 0.4) is 0 Å². The summed E-state index contributed by atoms with van der Waals surface area (Å²) in [5, 5.41) is 4.51. The zero-order valence-electron chi connectivity index (χ0n) is 11.5. The maximum absolute atomic E-state index is 5.78. The van der Waals surface area contributed by atoms with E-state index in [2.05, 4.69) is 35.8 Å². The van der Waals surface area contributed by atoms with Gasteiger partial charge in [-0.05, 0) is 6.92 Å². The first-order valence-electron chi connectivity index (χ1n) is 5.93. The van der Waals surface area contributed by atoms with Crippen molar-refractivity contribution >= 4 is 5.82 Å². The van der Waals surface area contributed by atoms with E-state index in [1.54, 1.807) is 10.7 Å². The summed E-state index contributed by atoms with van der Waals surface area (Å²) < 4.78 is 1.79. The van der Waals surface area contributed by atoms with Gasteiger partial charge in [0.25, 0.3) is 0 Å². The molecule has 2 aromatic heterocycles. The third-order valence-electron chi connectivity index (χ3n) is 2.65. The molecule has 0 saturated carbocycles. The fourth-order valence-corrected chi connectivity index (χ4v) is 1.92. The van der Waals surface area contributed by atoms with Crippen molar-refractivity contribution in [1.82, 2.24) is 19.7 Å². The molecule has 0 radical (unpaired) electrons. The molecule has 0 aliphatic rings. The van der Waals surface area contributed by atoms with Crippen LogP contribution in [0.4, 0.5) is 5.82 Å². The SMILES string of the molecule is Cc1cc(N)nc(-c2cn(C)nc2C(C)(C)C)n1. The van der Waals surface area contributed by atoms with Crippen molar-refractivity contribution in [2.45, 2.75) is 33.1 Å². The summed E-state index contributed by atoms with van der Waals surface area (Å²) in [6.07, 6.45) is 1.94. The second-order valence-corrected chi connectivity index (χ2v) is 5.57. The van der Waals surface area contributed by atoms with Crippen LogP contribution in [0.5, 0.6) is 0 Å². The van der Waals surface area contributed by atoms with Gasteiger partial charge in [-0.3, -0.25) is 4.68 Å². The average molecular weight is 245 g/mol. The molecule has 18 heavy (non-hydrogen) atoms. The van der Waals surface area contributed by atoms with E-state index in [1.165, 1.54) is 0 Å². The molecular formula is C13H19N5. The maximum atomic E-state index is 5.78. The van der Waals surface area contributed by atoms with Crippen LogP contribution < -0.4 is 5.73 Å². The number of aryl methyl sites for hydroxylation is 2. The molecule has 2 N–H and O–H groups in total. The normalized spacial score (nSPS) is 11.8. The average Bonchev–Trinajstić information content (AvgIpc) is 2.58. The Hall–Kier alpha value is -1.91.